The van der Waals surface area contributed by atoms with Crippen molar-refractivity contribution >= 4 is 23.6 Å². The highest BCUT2D eigenvalue weighted by molar-refractivity contribution is 7.99. The fourth-order valence-corrected chi connectivity index (χ4v) is 3.20. The van der Waals surface area contributed by atoms with Gasteiger partial charge in [0.2, 0.25) is 11.8 Å². The van der Waals surface area contributed by atoms with Gasteiger partial charge in [-0.1, -0.05) is 25.6 Å². The number of nitrogens with zero attached hydrogens (tertiary/aromatic N) is 4. The number of rotatable bonds is 7. The van der Waals surface area contributed by atoms with Crippen molar-refractivity contribution in [3.63, 3.8) is 0 Å². The molecular weight excluding hydrogens is 404 g/mol. The largest absolute Gasteiger partial charge is 0.497 e. The summed E-state index contributed by atoms with van der Waals surface area (Å²) < 4.78 is 7.08. The van der Waals surface area contributed by atoms with E-state index in [1.807, 2.05) is 41.0 Å². The van der Waals surface area contributed by atoms with E-state index in [1.165, 1.54) is 11.8 Å². The molecule has 3 aromatic rings. The van der Waals surface area contributed by atoms with Crippen LogP contribution in [0, 0.1) is 5.92 Å². The predicted molar refractivity (Wildman–Crippen MR) is 113 cm³/mol. The molecule has 0 saturated heterocycles. The van der Waals surface area contributed by atoms with E-state index in [9.17, 15) is 9.59 Å². The van der Waals surface area contributed by atoms with Crippen molar-refractivity contribution < 1.29 is 14.3 Å². The lowest BCUT2D eigenvalue weighted by Gasteiger charge is -2.11. The lowest BCUT2D eigenvalue weighted by molar-refractivity contribution is -0.129. The van der Waals surface area contributed by atoms with Gasteiger partial charge in [0.1, 0.15) is 5.75 Å². The second-order valence-electron chi connectivity index (χ2n) is 6.56. The van der Waals surface area contributed by atoms with Crippen LogP contribution >= 0.6 is 11.8 Å². The summed E-state index contributed by atoms with van der Waals surface area (Å²) in [6, 6.07) is 11.2. The van der Waals surface area contributed by atoms with Crippen molar-refractivity contribution in [2.24, 2.45) is 5.92 Å². The number of ether oxygens (including phenoxy) is 1. The molecule has 0 aliphatic heterocycles. The minimum Gasteiger partial charge on any atom is -0.497 e. The summed E-state index contributed by atoms with van der Waals surface area (Å²) in [4.78, 5) is 27.9. The Kier molecular flexibility index (Phi) is 7.02. The van der Waals surface area contributed by atoms with E-state index >= 15 is 0 Å². The van der Waals surface area contributed by atoms with Crippen molar-refractivity contribution in [3.8, 4) is 22.8 Å². The Morgan fingerprint density at radius 3 is 2.53 bits per heavy atom. The molecule has 30 heavy (non-hydrogen) atoms. The average molecular weight is 427 g/mol. The minimum atomic E-state index is -0.346. The van der Waals surface area contributed by atoms with Gasteiger partial charge < -0.3 is 4.74 Å². The van der Waals surface area contributed by atoms with Gasteiger partial charge in [0.25, 0.3) is 0 Å². The number of benzene rings is 1. The van der Waals surface area contributed by atoms with Gasteiger partial charge in [-0.3, -0.25) is 30.0 Å². The van der Waals surface area contributed by atoms with Crippen molar-refractivity contribution in [1.29, 1.82) is 0 Å². The minimum absolute atomic E-state index is 0.0553. The van der Waals surface area contributed by atoms with E-state index in [0.717, 1.165) is 17.0 Å². The number of aromatic nitrogens is 4. The predicted octanol–water partition coefficient (Wildman–Crippen LogP) is 2.23. The number of hydrogen-bond acceptors (Lipinski definition) is 7. The molecule has 2 aromatic heterocycles. The fraction of sp³-hybridized carbons (Fsp3) is 0.250. The zero-order valence-electron chi connectivity index (χ0n) is 16.8. The number of carbonyl (C=O) groups excluding carboxylic acids is 2. The number of methoxy groups -OCH3 is 1. The lowest BCUT2D eigenvalue weighted by atomic mass is 10.2. The van der Waals surface area contributed by atoms with Gasteiger partial charge in [-0.2, -0.15) is 0 Å². The molecule has 0 fully saturated rings. The molecule has 0 unspecified atom stereocenters. The fourth-order valence-electron chi connectivity index (χ4n) is 2.45. The molecule has 0 saturated carbocycles. The molecular formula is C20H22N6O3S. The molecule has 0 aliphatic carbocycles. The molecule has 156 valence electrons. The smallest absolute Gasteiger partial charge is 0.248 e. The number of hydrazine groups is 1. The van der Waals surface area contributed by atoms with Crippen LogP contribution in [0.15, 0.2) is 53.9 Å². The van der Waals surface area contributed by atoms with Crippen molar-refractivity contribution in [2.45, 2.75) is 19.0 Å². The van der Waals surface area contributed by atoms with Crippen LogP contribution < -0.4 is 15.6 Å². The summed E-state index contributed by atoms with van der Waals surface area (Å²) in [5.41, 5.74) is 6.40. The summed E-state index contributed by atoms with van der Waals surface area (Å²) >= 11 is 1.21. The first-order valence-electron chi connectivity index (χ1n) is 9.21. The third kappa shape index (κ3) is 5.15. The summed E-state index contributed by atoms with van der Waals surface area (Å²) in [6.07, 6.45) is 3.38. The average Bonchev–Trinajstić information content (AvgIpc) is 3.20. The van der Waals surface area contributed by atoms with Gasteiger partial charge in [0.05, 0.1) is 12.9 Å². The highest BCUT2D eigenvalue weighted by atomic mass is 32.2. The van der Waals surface area contributed by atoms with Crippen molar-refractivity contribution in [2.75, 3.05) is 12.9 Å². The van der Waals surface area contributed by atoms with E-state index in [4.69, 9.17) is 4.74 Å². The van der Waals surface area contributed by atoms with Gasteiger partial charge >= 0.3 is 0 Å². The zero-order chi connectivity index (χ0) is 21.5. The molecule has 0 atom stereocenters. The van der Waals surface area contributed by atoms with Gasteiger partial charge in [-0.15, -0.1) is 10.2 Å². The molecule has 1 aromatic carbocycles. The highest BCUT2D eigenvalue weighted by Gasteiger charge is 2.18. The molecule has 0 bridgehead atoms. The lowest BCUT2D eigenvalue weighted by Crippen LogP contribution is -2.44. The Bertz CT molecular complexity index is 1010. The number of amides is 2. The maximum absolute atomic E-state index is 12.1. The number of nitrogens with one attached hydrogen (secondary N) is 2. The summed E-state index contributed by atoms with van der Waals surface area (Å²) in [5, 5.41) is 9.09. The van der Waals surface area contributed by atoms with Crippen LogP contribution in [-0.2, 0) is 9.59 Å². The third-order valence-electron chi connectivity index (χ3n) is 4.07. The van der Waals surface area contributed by atoms with E-state index in [0.29, 0.717) is 11.0 Å². The Balaban J connectivity index is 1.83. The van der Waals surface area contributed by atoms with Crippen molar-refractivity contribution in [3.05, 3.63) is 48.8 Å². The highest BCUT2D eigenvalue weighted by Crippen LogP contribution is 2.28. The molecule has 9 nitrogen and oxygen atoms in total. The van der Waals surface area contributed by atoms with Crippen LogP contribution in [0.1, 0.15) is 13.8 Å². The van der Waals surface area contributed by atoms with Crippen LogP contribution in [0.5, 0.6) is 5.75 Å². The standard InChI is InChI=1S/C20H22N6O3S/c1-13(2)19(28)24-22-17(27)12-30-20-25-23-18(14-5-4-10-21-11-14)26(20)15-6-8-16(29-3)9-7-15/h4-11,13H,12H2,1-3H3,(H,22,27)(H,24,28). The Labute approximate surface area is 178 Å². The van der Waals surface area contributed by atoms with Gasteiger partial charge in [-0.25, -0.2) is 0 Å². The molecule has 0 spiro atoms. The van der Waals surface area contributed by atoms with Crippen LogP contribution in [0.3, 0.4) is 0 Å². The molecule has 2 N–H and O–H groups in total. The van der Waals surface area contributed by atoms with E-state index in [1.54, 1.807) is 33.4 Å². The van der Waals surface area contributed by atoms with Gasteiger partial charge in [0, 0.05) is 29.6 Å². The maximum Gasteiger partial charge on any atom is 0.248 e. The van der Waals surface area contributed by atoms with E-state index in [-0.39, 0.29) is 23.5 Å². The number of pyridine rings is 1. The van der Waals surface area contributed by atoms with Crippen LogP contribution in [0.4, 0.5) is 0 Å². The number of hydrogen-bond donors (Lipinski definition) is 2. The Morgan fingerprint density at radius 2 is 1.90 bits per heavy atom. The first-order chi connectivity index (χ1) is 14.5. The van der Waals surface area contributed by atoms with Crippen molar-refractivity contribution in [1.82, 2.24) is 30.6 Å². The maximum atomic E-state index is 12.1. The molecule has 0 aliphatic rings. The second-order valence-corrected chi connectivity index (χ2v) is 7.50. The summed E-state index contributed by atoms with van der Waals surface area (Å²) in [7, 11) is 1.60. The SMILES string of the molecule is COc1ccc(-n2c(SCC(=O)NNC(=O)C(C)C)nnc2-c2cccnc2)cc1. The van der Waals surface area contributed by atoms with E-state index < -0.39 is 0 Å². The quantitative estimate of drug-likeness (QED) is 0.440. The summed E-state index contributed by atoms with van der Waals surface area (Å²) in [6.45, 7) is 3.49. The molecule has 2 amide bonds. The van der Waals surface area contributed by atoms with Crippen LogP contribution in [0.25, 0.3) is 17.1 Å². The topological polar surface area (TPSA) is 111 Å². The molecule has 3 rings (SSSR count). The van der Waals surface area contributed by atoms with Gasteiger partial charge in [0.15, 0.2) is 11.0 Å². The van der Waals surface area contributed by atoms with Gasteiger partial charge in [-0.05, 0) is 36.4 Å². The number of thioether (sulfide) groups is 1. The number of carbonyl (C=O) groups is 2. The monoisotopic (exact) mass is 426 g/mol. The Morgan fingerprint density at radius 1 is 1.13 bits per heavy atom. The third-order valence-corrected chi connectivity index (χ3v) is 4.99. The van der Waals surface area contributed by atoms with Crippen LogP contribution in [0.2, 0.25) is 0 Å². The van der Waals surface area contributed by atoms with Crippen LogP contribution in [-0.4, -0.2) is 44.4 Å². The Hall–Kier alpha value is -3.40. The molecule has 10 heteroatoms. The second kappa shape index (κ2) is 9.88. The van der Waals surface area contributed by atoms with E-state index in [2.05, 4.69) is 26.0 Å². The molecule has 2 heterocycles. The zero-order valence-corrected chi connectivity index (χ0v) is 17.6. The normalized spacial score (nSPS) is 10.7. The summed E-state index contributed by atoms with van der Waals surface area (Å²) in [5.74, 6) is 0.557. The molecule has 0 radical (unpaired) electrons. The first kappa shape index (κ1) is 21.3. The first-order valence-corrected chi connectivity index (χ1v) is 10.2.